The Morgan fingerprint density at radius 1 is 1.38 bits per heavy atom. The predicted molar refractivity (Wildman–Crippen MR) is 59.5 cm³/mol. The second-order valence-electron chi connectivity index (χ2n) is 2.88. The van der Waals surface area contributed by atoms with Crippen molar-refractivity contribution in [3.8, 4) is 6.07 Å². The van der Waals surface area contributed by atoms with Crippen molar-refractivity contribution in [1.29, 1.82) is 5.26 Å². The van der Waals surface area contributed by atoms with Crippen LogP contribution in [-0.2, 0) is 0 Å². The molecule has 0 saturated carbocycles. The molecule has 0 bridgehead atoms. The summed E-state index contributed by atoms with van der Waals surface area (Å²) in [6.45, 7) is 0. The molecule has 0 atom stereocenters. The van der Waals surface area contributed by atoms with Crippen LogP contribution in [0.5, 0.6) is 0 Å². The molecule has 0 fully saturated rings. The molecule has 5 nitrogen and oxygen atoms in total. The van der Waals surface area contributed by atoms with Gasteiger partial charge in [0.05, 0.1) is 11.3 Å². The minimum absolute atomic E-state index is 0.449. The molecule has 2 rings (SSSR count). The summed E-state index contributed by atoms with van der Waals surface area (Å²) in [5, 5.41) is 10.1. The Morgan fingerprint density at radius 2 is 2.25 bits per heavy atom. The third-order valence-corrected chi connectivity index (χ3v) is 2.75. The molecule has 0 aliphatic rings. The van der Waals surface area contributed by atoms with Gasteiger partial charge in [0, 0.05) is 12.4 Å². The smallest absolute Gasteiger partial charge is 0.125 e. The minimum atomic E-state index is 0.449. The summed E-state index contributed by atoms with van der Waals surface area (Å²) in [4.78, 5) is 12.0. The lowest BCUT2D eigenvalue weighted by Gasteiger charge is -2.02. The number of pyridine rings is 1. The Morgan fingerprint density at radius 3 is 2.88 bits per heavy atom. The van der Waals surface area contributed by atoms with Gasteiger partial charge in [0.25, 0.3) is 0 Å². The minimum Gasteiger partial charge on any atom is -0.396 e. The highest BCUT2D eigenvalue weighted by atomic mass is 32.2. The van der Waals surface area contributed by atoms with E-state index in [1.165, 1.54) is 24.3 Å². The normalized spacial score (nSPS) is 9.69. The van der Waals surface area contributed by atoms with Gasteiger partial charge in [-0.2, -0.15) is 5.26 Å². The number of anilines is 1. The number of nitrogens with two attached hydrogens (primary N) is 1. The van der Waals surface area contributed by atoms with Gasteiger partial charge < -0.3 is 5.73 Å². The van der Waals surface area contributed by atoms with Crippen molar-refractivity contribution >= 4 is 17.4 Å². The largest absolute Gasteiger partial charge is 0.396 e. The number of hydrogen-bond acceptors (Lipinski definition) is 6. The van der Waals surface area contributed by atoms with E-state index in [0.717, 1.165) is 5.03 Å². The molecule has 6 heteroatoms. The topological polar surface area (TPSA) is 88.5 Å². The van der Waals surface area contributed by atoms with Crippen molar-refractivity contribution in [3.05, 3.63) is 36.4 Å². The standard InChI is InChI=1S/C10H7N5S/c11-4-7-3-8(12)10(14-5-7)16-9-1-2-13-6-15-9/h1-3,5-6H,12H2. The molecule has 0 aliphatic carbocycles. The maximum atomic E-state index is 8.67. The first kappa shape index (κ1) is 10.4. The van der Waals surface area contributed by atoms with Crippen molar-refractivity contribution < 1.29 is 0 Å². The number of rotatable bonds is 2. The van der Waals surface area contributed by atoms with E-state index < -0.39 is 0 Å². The number of aromatic nitrogens is 3. The highest BCUT2D eigenvalue weighted by Crippen LogP contribution is 2.28. The van der Waals surface area contributed by atoms with E-state index in [1.807, 2.05) is 6.07 Å². The van der Waals surface area contributed by atoms with Crippen LogP contribution >= 0.6 is 11.8 Å². The first-order valence-electron chi connectivity index (χ1n) is 4.39. The molecule has 2 heterocycles. The van der Waals surface area contributed by atoms with Crippen LogP contribution in [0.4, 0.5) is 5.69 Å². The summed E-state index contributed by atoms with van der Waals surface area (Å²) < 4.78 is 0. The second kappa shape index (κ2) is 4.59. The van der Waals surface area contributed by atoms with E-state index in [-0.39, 0.29) is 0 Å². The summed E-state index contributed by atoms with van der Waals surface area (Å²) in [7, 11) is 0. The molecule has 2 aromatic rings. The highest BCUT2D eigenvalue weighted by molar-refractivity contribution is 7.99. The first-order valence-corrected chi connectivity index (χ1v) is 5.21. The zero-order valence-corrected chi connectivity index (χ0v) is 8.98. The molecule has 16 heavy (non-hydrogen) atoms. The van der Waals surface area contributed by atoms with Crippen LogP contribution in [0.1, 0.15) is 5.56 Å². The molecule has 78 valence electrons. The fourth-order valence-corrected chi connectivity index (χ4v) is 1.76. The molecule has 0 aliphatic heterocycles. The highest BCUT2D eigenvalue weighted by Gasteiger charge is 2.05. The third-order valence-electron chi connectivity index (χ3n) is 1.76. The van der Waals surface area contributed by atoms with Crippen LogP contribution in [0.15, 0.2) is 40.9 Å². The Bertz CT molecular complexity index is 535. The van der Waals surface area contributed by atoms with Crippen molar-refractivity contribution in [2.75, 3.05) is 5.73 Å². The Kier molecular flexibility index (Phi) is 2.98. The molecule has 0 radical (unpaired) electrons. The van der Waals surface area contributed by atoms with E-state index in [2.05, 4.69) is 15.0 Å². The van der Waals surface area contributed by atoms with Crippen LogP contribution in [0.25, 0.3) is 0 Å². The van der Waals surface area contributed by atoms with E-state index in [4.69, 9.17) is 11.0 Å². The van der Waals surface area contributed by atoms with Gasteiger partial charge in [-0.15, -0.1) is 0 Å². The summed E-state index contributed by atoms with van der Waals surface area (Å²) in [5.74, 6) is 0. The Hall–Kier alpha value is -2.13. The van der Waals surface area contributed by atoms with Crippen LogP contribution in [0.2, 0.25) is 0 Å². The van der Waals surface area contributed by atoms with Gasteiger partial charge in [-0.05, 0) is 23.9 Å². The van der Waals surface area contributed by atoms with Gasteiger partial charge >= 0.3 is 0 Å². The molecular formula is C10H7N5S. The molecule has 2 N–H and O–H groups in total. The van der Waals surface area contributed by atoms with Crippen molar-refractivity contribution in [2.45, 2.75) is 10.1 Å². The predicted octanol–water partition coefficient (Wildman–Crippen LogP) is 1.48. The number of nitrogens with zero attached hydrogens (tertiary/aromatic N) is 4. The van der Waals surface area contributed by atoms with Gasteiger partial charge in [-0.25, -0.2) is 15.0 Å². The Labute approximate surface area is 96.4 Å². The molecule has 0 saturated heterocycles. The van der Waals surface area contributed by atoms with Gasteiger partial charge in [0.2, 0.25) is 0 Å². The first-order chi connectivity index (χ1) is 7.79. The van der Waals surface area contributed by atoms with Crippen LogP contribution in [0, 0.1) is 11.3 Å². The van der Waals surface area contributed by atoms with Crippen molar-refractivity contribution in [2.24, 2.45) is 0 Å². The maximum absolute atomic E-state index is 8.67. The molecule has 2 aromatic heterocycles. The fraction of sp³-hybridized carbons (Fsp3) is 0. The SMILES string of the molecule is N#Cc1cnc(Sc2ccncn2)c(N)c1. The number of hydrogen-bond donors (Lipinski definition) is 1. The lowest BCUT2D eigenvalue weighted by atomic mass is 10.3. The average Bonchev–Trinajstić information content (AvgIpc) is 2.33. The zero-order chi connectivity index (χ0) is 11.4. The van der Waals surface area contributed by atoms with Gasteiger partial charge in [-0.3, -0.25) is 0 Å². The molecule has 0 spiro atoms. The van der Waals surface area contributed by atoms with Gasteiger partial charge in [0.15, 0.2) is 0 Å². The van der Waals surface area contributed by atoms with Crippen LogP contribution in [0.3, 0.4) is 0 Å². The lowest BCUT2D eigenvalue weighted by Crippen LogP contribution is -1.93. The van der Waals surface area contributed by atoms with E-state index in [0.29, 0.717) is 16.3 Å². The van der Waals surface area contributed by atoms with Crippen LogP contribution in [-0.4, -0.2) is 15.0 Å². The summed E-state index contributed by atoms with van der Waals surface area (Å²) in [6.07, 6.45) is 4.59. The third kappa shape index (κ3) is 2.27. The average molecular weight is 229 g/mol. The van der Waals surface area contributed by atoms with Crippen molar-refractivity contribution in [3.63, 3.8) is 0 Å². The van der Waals surface area contributed by atoms with E-state index in [9.17, 15) is 0 Å². The van der Waals surface area contributed by atoms with E-state index >= 15 is 0 Å². The number of nitriles is 1. The summed E-state index contributed by atoms with van der Waals surface area (Å²) in [5.41, 5.74) is 6.69. The zero-order valence-electron chi connectivity index (χ0n) is 8.16. The second-order valence-corrected chi connectivity index (χ2v) is 3.89. The summed E-state index contributed by atoms with van der Waals surface area (Å²) >= 11 is 1.34. The fourth-order valence-electron chi connectivity index (χ4n) is 1.05. The summed E-state index contributed by atoms with van der Waals surface area (Å²) in [6, 6.07) is 5.34. The van der Waals surface area contributed by atoms with Gasteiger partial charge in [0.1, 0.15) is 22.4 Å². The molecule has 0 unspecified atom stereocenters. The van der Waals surface area contributed by atoms with Crippen LogP contribution < -0.4 is 5.73 Å². The lowest BCUT2D eigenvalue weighted by molar-refractivity contribution is 1.04. The van der Waals surface area contributed by atoms with E-state index in [1.54, 1.807) is 18.3 Å². The van der Waals surface area contributed by atoms with Gasteiger partial charge in [-0.1, -0.05) is 0 Å². The molecule has 0 aromatic carbocycles. The van der Waals surface area contributed by atoms with Crippen molar-refractivity contribution in [1.82, 2.24) is 15.0 Å². The monoisotopic (exact) mass is 229 g/mol. The Balaban J connectivity index is 2.27. The molecular weight excluding hydrogens is 222 g/mol. The maximum Gasteiger partial charge on any atom is 0.125 e. The molecule has 0 amide bonds. The quantitative estimate of drug-likeness (QED) is 0.784. The number of nitrogen functional groups attached to an aromatic ring is 1.